The van der Waals surface area contributed by atoms with Gasteiger partial charge in [-0.1, -0.05) is 13.8 Å². The quantitative estimate of drug-likeness (QED) is 0.587. The second-order valence-electron chi connectivity index (χ2n) is 5.80. The average molecular weight is 252 g/mol. The Kier molecular flexibility index (Phi) is 4.87. The first-order valence-corrected chi connectivity index (χ1v) is 7.45. The highest BCUT2D eigenvalue weighted by molar-refractivity contribution is 5.80. The van der Waals surface area contributed by atoms with Crippen molar-refractivity contribution in [2.75, 3.05) is 26.7 Å². The van der Waals surface area contributed by atoms with E-state index in [1.54, 1.807) is 0 Å². The van der Waals surface area contributed by atoms with E-state index >= 15 is 0 Å². The third-order valence-electron chi connectivity index (χ3n) is 4.12. The van der Waals surface area contributed by atoms with Gasteiger partial charge in [-0.25, -0.2) is 0 Å². The minimum atomic E-state index is 0.596. The summed E-state index contributed by atoms with van der Waals surface area (Å²) in [6, 6.07) is 1.25. The van der Waals surface area contributed by atoms with Gasteiger partial charge in [0.15, 0.2) is 5.96 Å². The Morgan fingerprint density at radius 2 is 1.94 bits per heavy atom. The molecule has 1 aliphatic carbocycles. The maximum absolute atomic E-state index is 4.33. The van der Waals surface area contributed by atoms with Crippen molar-refractivity contribution in [3.8, 4) is 0 Å². The van der Waals surface area contributed by atoms with Crippen LogP contribution in [0.3, 0.4) is 0 Å². The zero-order valence-electron chi connectivity index (χ0n) is 12.1. The molecule has 2 N–H and O–H groups in total. The highest BCUT2D eigenvalue weighted by Crippen LogP contribution is 2.28. The third kappa shape index (κ3) is 3.87. The second kappa shape index (κ2) is 6.41. The fraction of sp³-hybridized carbons (Fsp3) is 0.929. The monoisotopic (exact) mass is 252 g/mol. The Morgan fingerprint density at radius 3 is 2.44 bits per heavy atom. The Morgan fingerprint density at radius 1 is 1.28 bits per heavy atom. The van der Waals surface area contributed by atoms with E-state index in [0.29, 0.717) is 12.1 Å². The number of piperidine rings is 1. The van der Waals surface area contributed by atoms with Crippen molar-refractivity contribution in [2.45, 2.75) is 51.6 Å². The Hall–Kier alpha value is -0.770. The van der Waals surface area contributed by atoms with Crippen LogP contribution in [0.2, 0.25) is 0 Å². The van der Waals surface area contributed by atoms with Crippen LogP contribution in [-0.2, 0) is 0 Å². The summed E-state index contributed by atoms with van der Waals surface area (Å²) in [6.45, 7) is 8.24. The first kappa shape index (κ1) is 13.7. The first-order valence-electron chi connectivity index (χ1n) is 7.45. The van der Waals surface area contributed by atoms with Crippen LogP contribution in [0.4, 0.5) is 0 Å². The van der Waals surface area contributed by atoms with Crippen molar-refractivity contribution in [3.63, 3.8) is 0 Å². The molecule has 0 aromatic heterocycles. The number of aliphatic imine (C=N–C) groups is 1. The van der Waals surface area contributed by atoms with E-state index in [9.17, 15) is 0 Å². The standard InChI is InChI=1S/C14H28N4/c1-4-7-18-8-5-12(6-9-18)16-14(15-3)17-13-10-11(13)2/h11-13H,4-10H2,1-3H3,(H2,15,16,17). The van der Waals surface area contributed by atoms with E-state index in [2.05, 4.69) is 34.4 Å². The summed E-state index contributed by atoms with van der Waals surface area (Å²) in [5, 5.41) is 7.07. The normalized spacial score (nSPS) is 30.3. The van der Waals surface area contributed by atoms with Crippen LogP contribution in [-0.4, -0.2) is 49.6 Å². The van der Waals surface area contributed by atoms with Crippen molar-refractivity contribution >= 4 is 5.96 Å². The predicted molar refractivity (Wildman–Crippen MR) is 77.0 cm³/mol. The Labute approximate surface area is 111 Å². The maximum atomic E-state index is 4.33. The molecule has 1 saturated carbocycles. The molecule has 0 radical (unpaired) electrons. The molecule has 2 fully saturated rings. The molecule has 1 saturated heterocycles. The number of guanidine groups is 1. The molecule has 4 nitrogen and oxygen atoms in total. The van der Waals surface area contributed by atoms with Gasteiger partial charge in [0, 0.05) is 32.2 Å². The maximum Gasteiger partial charge on any atom is 0.191 e. The van der Waals surface area contributed by atoms with Gasteiger partial charge in [0.1, 0.15) is 0 Å². The van der Waals surface area contributed by atoms with Gasteiger partial charge in [-0.05, 0) is 38.1 Å². The van der Waals surface area contributed by atoms with Crippen LogP contribution in [0.1, 0.15) is 39.5 Å². The van der Waals surface area contributed by atoms with Crippen molar-refractivity contribution in [3.05, 3.63) is 0 Å². The van der Waals surface area contributed by atoms with Crippen molar-refractivity contribution in [2.24, 2.45) is 10.9 Å². The summed E-state index contributed by atoms with van der Waals surface area (Å²) < 4.78 is 0. The summed E-state index contributed by atoms with van der Waals surface area (Å²) in [4.78, 5) is 6.90. The van der Waals surface area contributed by atoms with Crippen LogP contribution in [0.5, 0.6) is 0 Å². The van der Waals surface area contributed by atoms with Gasteiger partial charge in [-0.2, -0.15) is 0 Å². The van der Waals surface area contributed by atoms with E-state index in [-0.39, 0.29) is 0 Å². The smallest absolute Gasteiger partial charge is 0.191 e. The molecule has 0 bridgehead atoms. The molecule has 0 aromatic carbocycles. The fourth-order valence-electron chi connectivity index (χ4n) is 2.68. The van der Waals surface area contributed by atoms with Crippen LogP contribution < -0.4 is 10.6 Å². The Bertz CT molecular complexity index is 282. The lowest BCUT2D eigenvalue weighted by atomic mass is 10.1. The number of rotatable bonds is 4. The van der Waals surface area contributed by atoms with E-state index in [1.807, 2.05) is 7.05 Å². The fourth-order valence-corrected chi connectivity index (χ4v) is 2.68. The molecular formula is C14H28N4. The van der Waals surface area contributed by atoms with E-state index in [4.69, 9.17) is 0 Å². The third-order valence-corrected chi connectivity index (χ3v) is 4.12. The van der Waals surface area contributed by atoms with E-state index < -0.39 is 0 Å². The van der Waals surface area contributed by atoms with Gasteiger partial charge in [0.05, 0.1) is 0 Å². The van der Waals surface area contributed by atoms with E-state index in [0.717, 1.165) is 11.9 Å². The molecule has 2 atom stereocenters. The second-order valence-corrected chi connectivity index (χ2v) is 5.80. The Balaban J connectivity index is 1.69. The van der Waals surface area contributed by atoms with E-state index in [1.165, 1.54) is 45.3 Å². The molecular weight excluding hydrogens is 224 g/mol. The molecule has 18 heavy (non-hydrogen) atoms. The van der Waals surface area contributed by atoms with Gasteiger partial charge in [-0.15, -0.1) is 0 Å². The topological polar surface area (TPSA) is 39.7 Å². The number of likely N-dealkylation sites (tertiary alicyclic amines) is 1. The summed E-state index contributed by atoms with van der Waals surface area (Å²) in [6.07, 6.45) is 5.03. The van der Waals surface area contributed by atoms with Crippen LogP contribution in [0.25, 0.3) is 0 Å². The summed E-state index contributed by atoms with van der Waals surface area (Å²) in [5.41, 5.74) is 0. The molecule has 1 heterocycles. The molecule has 104 valence electrons. The molecule has 2 aliphatic rings. The molecule has 0 amide bonds. The summed E-state index contributed by atoms with van der Waals surface area (Å²) >= 11 is 0. The van der Waals surface area contributed by atoms with Crippen molar-refractivity contribution < 1.29 is 0 Å². The molecule has 0 spiro atoms. The molecule has 0 aromatic rings. The lowest BCUT2D eigenvalue weighted by Gasteiger charge is -2.32. The van der Waals surface area contributed by atoms with Crippen LogP contribution in [0.15, 0.2) is 4.99 Å². The van der Waals surface area contributed by atoms with Gasteiger partial charge >= 0.3 is 0 Å². The molecule has 1 aliphatic heterocycles. The largest absolute Gasteiger partial charge is 0.354 e. The van der Waals surface area contributed by atoms with Gasteiger partial charge in [-0.3, -0.25) is 4.99 Å². The SMILES string of the molecule is CCCN1CCC(NC(=NC)NC2CC2C)CC1. The number of nitrogens with one attached hydrogen (secondary N) is 2. The number of hydrogen-bond acceptors (Lipinski definition) is 2. The van der Waals surface area contributed by atoms with Gasteiger partial charge < -0.3 is 15.5 Å². The van der Waals surface area contributed by atoms with Crippen molar-refractivity contribution in [1.29, 1.82) is 0 Å². The highest BCUT2D eigenvalue weighted by Gasteiger charge is 2.33. The molecule has 2 rings (SSSR count). The average Bonchev–Trinajstić information content (AvgIpc) is 3.07. The lowest BCUT2D eigenvalue weighted by Crippen LogP contribution is -2.49. The van der Waals surface area contributed by atoms with Gasteiger partial charge in [0.2, 0.25) is 0 Å². The first-order chi connectivity index (χ1) is 8.72. The van der Waals surface area contributed by atoms with Crippen LogP contribution in [0, 0.1) is 5.92 Å². The van der Waals surface area contributed by atoms with Crippen molar-refractivity contribution in [1.82, 2.24) is 15.5 Å². The summed E-state index contributed by atoms with van der Waals surface area (Å²) in [5.74, 6) is 1.81. The highest BCUT2D eigenvalue weighted by atomic mass is 15.2. The van der Waals surface area contributed by atoms with Gasteiger partial charge in [0.25, 0.3) is 0 Å². The minimum Gasteiger partial charge on any atom is -0.354 e. The zero-order chi connectivity index (χ0) is 13.0. The predicted octanol–water partition coefficient (Wildman–Crippen LogP) is 1.43. The van der Waals surface area contributed by atoms with Crippen LogP contribution >= 0.6 is 0 Å². The number of nitrogens with zero attached hydrogens (tertiary/aromatic N) is 2. The zero-order valence-corrected chi connectivity index (χ0v) is 12.1. The summed E-state index contributed by atoms with van der Waals surface area (Å²) in [7, 11) is 1.87. The molecule has 2 unspecified atom stereocenters. The number of hydrogen-bond donors (Lipinski definition) is 2. The lowest BCUT2D eigenvalue weighted by molar-refractivity contribution is 0.206. The minimum absolute atomic E-state index is 0.596. The molecule has 4 heteroatoms.